The lowest BCUT2D eigenvalue weighted by atomic mass is 10.3. The second-order valence-corrected chi connectivity index (χ2v) is 5.85. The van der Waals surface area contributed by atoms with Gasteiger partial charge in [0.15, 0.2) is 0 Å². The Bertz CT molecular complexity index is 619. The van der Waals surface area contributed by atoms with Crippen LogP contribution in [-0.2, 0) is 6.42 Å². The number of nitrogens with zero attached hydrogens (tertiary/aromatic N) is 2. The van der Waals surface area contributed by atoms with E-state index in [0.717, 1.165) is 47.0 Å². The summed E-state index contributed by atoms with van der Waals surface area (Å²) in [6.07, 6.45) is 1.84. The van der Waals surface area contributed by atoms with Gasteiger partial charge in [-0.1, -0.05) is 25.4 Å². The quantitative estimate of drug-likeness (QED) is 0.750. The van der Waals surface area contributed by atoms with Crippen LogP contribution in [0.5, 0.6) is 0 Å². The molecule has 112 valence electrons. The minimum atomic E-state index is 0.661. The van der Waals surface area contributed by atoms with Crippen LogP contribution in [0, 0.1) is 0 Å². The molecule has 0 aliphatic carbocycles. The van der Waals surface area contributed by atoms with Crippen molar-refractivity contribution in [3.63, 3.8) is 0 Å². The van der Waals surface area contributed by atoms with E-state index in [1.807, 2.05) is 31.2 Å². The zero-order valence-corrected chi connectivity index (χ0v) is 14.4. The van der Waals surface area contributed by atoms with Gasteiger partial charge in [-0.3, -0.25) is 0 Å². The maximum atomic E-state index is 6.11. The third-order valence-corrected chi connectivity index (χ3v) is 4.07. The van der Waals surface area contributed by atoms with Gasteiger partial charge in [-0.15, -0.1) is 0 Å². The van der Waals surface area contributed by atoms with Gasteiger partial charge in [-0.2, -0.15) is 0 Å². The lowest BCUT2D eigenvalue weighted by Crippen LogP contribution is -2.06. The highest BCUT2D eigenvalue weighted by molar-refractivity contribution is 9.10. The summed E-state index contributed by atoms with van der Waals surface area (Å²) in [6, 6.07) is 7.62. The van der Waals surface area contributed by atoms with E-state index in [1.165, 1.54) is 0 Å². The SMILES string of the molecule is CCCNc1cc(Nc2ccc(Br)c(Cl)c2)nc(CC)n1. The second kappa shape index (κ2) is 7.61. The standard InChI is InChI=1S/C15H18BrClN4/c1-3-7-18-14-9-15(21-13(4-2)20-14)19-10-5-6-11(16)12(17)8-10/h5-6,8-9H,3-4,7H2,1-2H3,(H2,18,19,20,21). The molecule has 0 spiro atoms. The van der Waals surface area contributed by atoms with Crippen molar-refractivity contribution in [3.05, 3.63) is 39.6 Å². The van der Waals surface area contributed by atoms with Crippen LogP contribution >= 0.6 is 27.5 Å². The molecule has 0 saturated heterocycles. The van der Waals surface area contributed by atoms with Gasteiger partial charge in [-0.25, -0.2) is 9.97 Å². The molecule has 0 bridgehead atoms. The van der Waals surface area contributed by atoms with E-state index >= 15 is 0 Å². The van der Waals surface area contributed by atoms with Crippen LogP contribution in [0.3, 0.4) is 0 Å². The third kappa shape index (κ3) is 4.58. The monoisotopic (exact) mass is 368 g/mol. The first kappa shape index (κ1) is 16.0. The topological polar surface area (TPSA) is 49.8 Å². The molecule has 2 aromatic rings. The number of aryl methyl sites for hydroxylation is 1. The number of nitrogens with one attached hydrogen (secondary N) is 2. The normalized spacial score (nSPS) is 10.5. The number of rotatable bonds is 6. The van der Waals surface area contributed by atoms with Crippen molar-refractivity contribution in [2.75, 3.05) is 17.2 Å². The Morgan fingerprint density at radius 3 is 2.57 bits per heavy atom. The minimum absolute atomic E-state index is 0.661. The second-order valence-electron chi connectivity index (χ2n) is 4.59. The first-order valence-electron chi connectivity index (χ1n) is 6.96. The van der Waals surface area contributed by atoms with E-state index < -0.39 is 0 Å². The summed E-state index contributed by atoms with van der Waals surface area (Å²) in [7, 11) is 0. The molecule has 0 amide bonds. The van der Waals surface area contributed by atoms with Crippen molar-refractivity contribution in [2.24, 2.45) is 0 Å². The van der Waals surface area contributed by atoms with E-state index in [4.69, 9.17) is 11.6 Å². The number of aromatic nitrogens is 2. The maximum absolute atomic E-state index is 6.11. The highest BCUT2D eigenvalue weighted by atomic mass is 79.9. The molecule has 0 aliphatic rings. The van der Waals surface area contributed by atoms with Crippen LogP contribution in [-0.4, -0.2) is 16.5 Å². The summed E-state index contributed by atoms with van der Waals surface area (Å²) in [5, 5.41) is 7.22. The Hall–Kier alpha value is -1.33. The molecule has 0 fully saturated rings. The fourth-order valence-electron chi connectivity index (χ4n) is 1.78. The molecule has 2 rings (SSSR count). The van der Waals surface area contributed by atoms with Gasteiger partial charge in [0.2, 0.25) is 0 Å². The summed E-state index contributed by atoms with van der Waals surface area (Å²) >= 11 is 9.49. The van der Waals surface area contributed by atoms with E-state index in [0.29, 0.717) is 5.02 Å². The van der Waals surface area contributed by atoms with Crippen molar-refractivity contribution in [1.29, 1.82) is 0 Å². The van der Waals surface area contributed by atoms with Crippen molar-refractivity contribution in [2.45, 2.75) is 26.7 Å². The van der Waals surface area contributed by atoms with Crippen molar-refractivity contribution >= 4 is 44.9 Å². The molecule has 0 radical (unpaired) electrons. The Balaban J connectivity index is 2.23. The van der Waals surface area contributed by atoms with E-state index in [9.17, 15) is 0 Å². The molecule has 2 N–H and O–H groups in total. The summed E-state index contributed by atoms with van der Waals surface area (Å²) in [4.78, 5) is 8.96. The number of halogens is 2. The Labute approximate surface area is 138 Å². The van der Waals surface area contributed by atoms with Crippen LogP contribution in [0.25, 0.3) is 0 Å². The number of benzene rings is 1. The van der Waals surface area contributed by atoms with Crippen LogP contribution in [0.15, 0.2) is 28.7 Å². The molecule has 4 nitrogen and oxygen atoms in total. The predicted molar refractivity (Wildman–Crippen MR) is 92.6 cm³/mol. The van der Waals surface area contributed by atoms with Crippen LogP contribution in [0.4, 0.5) is 17.3 Å². The molecular formula is C15H18BrClN4. The van der Waals surface area contributed by atoms with E-state index in [1.54, 1.807) is 0 Å². The summed E-state index contributed by atoms with van der Waals surface area (Å²) < 4.78 is 0.872. The Morgan fingerprint density at radius 1 is 1.14 bits per heavy atom. The molecular weight excluding hydrogens is 352 g/mol. The van der Waals surface area contributed by atoms with Gasteiger partial charge < -0.3 is 10.6 Å². The molecule has 0 atom stereocenters. The zero-order chi connectivity index (χ0) is 15.2. The van der Waals surface area contributed by atoms with Gasteiger partial charge in [0.25, 0.3) is 0 Å². The Morgan fingerprint density at radius 2 is 1.90 bits per heavy atom. The number of anilines is 3. The van der Waals surface area contributed by atoms with Gasteiger partial charge in [0.1, 0.15) is 17.5 Å². The fourth-order valence-corrected chi connectivity index (χ4v) is 2.21. The van der Waals surface area contributed by atoms with Crippen molar-refractivity contribution in [1.82, 2.24) is 9.97 Å². The Kier molecular flexibility index (Phi) is 5.82. The van der Waals surface area contributed by atoms with E-state index in [-0.39, 0.29) is 0 Å². The highest BCUT2D eigenvalue weighted by Gasteiger charge is 2.05. The number of hydrogen-bond acceptors (Lipinski definition) is 4. The molecule has 0 saturated carbocycles. The van der Waals surface area contributed by atoms with Crippen molar-refractivity contribution in [3.8, 4) is 0 Å². The number of hydrogen-bond donors (Lipinski definition) is 2. The van der Waals surface area contributed by atoms with Gasteiger partial charge in [0.05, 0.1) is 5.02 Å². The largest absolute Gasteiger partial charge is 0.370 e. The first-order chi connectivity index (χ1) is 10.1. The lowest BCUT2D eigenvalue weighted by Gasteiger charge is -2.11. The van der Waals surface area contributed by atoms with Gasteiger partial charge >= 0.3 is 0 Å². The van der Waals surface area contributed by atoms with Gasteiger partial charge in [0, 0.05) is 29.2 Å². The molecule has 6 heteroatoms. The highest BCUT2D eigenvalue weighted by Crippen LogP contribution is 2.27. The summed E-state index contributed by atoms with van der Waals surface area (Å²) in [5.41, 5.74) is 0.894. The van der Waals surface area contributed by atoms with Crippen molar-refractivity contribution < 1.29 is 0 Å². The van der Waals surface area contributed by atoms with Crippen LogP contribution in [0.2, 0.25) is 5.02 Å². The van der Waals surface area contributed by atoms with Crippen LogP contribution in [0.1, 0.15) is 26.1 Å². The summed E-state index contributed by atoms with van der Waals surface area (Å²) in [5.74, 6) is 2.41. The predicted octanol–water partition coefficient (Wildman–Crippen LogP) is 5.02. The lowest BCUT2D eigenvalue weighted by molar-refractivity contribution is 0.919. The summed E-state index contributed by atoms with van der Waals surface area (Å²) in [6.45, 7) is 5.06. The van der Waals surface area contributed by atoms with E-state index in [2.05, 4.69) is 43.5 Å². The van der Waals surface area contributed by atoms with Gasteiger partial charge in [-0.05, 0) is 40.5 Å². The zero-order valence-electron chi connectivity index (χ0n) is 12.1. The van der Waals surface area contributed by atoms with Crippen LogP contribution < -0.4 is 10.6 Å². The molecule has 1 aromatic carbocycles. The average molecular weight is 370 g/mol. The molecule has 21 heavy (non-hydrogen) atoms. The fraction of sp³-hybridized carbons (Fsp3) is 0.333. The average Bonchev–Trinajstić information content (AvgIpc) is 2.48. The maximum Gasteiger partial charge on any atom is 0.136 e. The first-order valence-corrected chi connectivity index (χ1v) is 8.13. The molecule has 0 aliphatic heterocycles. The molecule has 1 aromatic heterocycles. The molecule has 0 unspecified atom stereocenters. The minimum Gasteiger partial charge on any atom is -0.370 e. The smallest absolute Gasteiger partial charge is 0.136 e. The molecule has 1 heterocycles. The third-order valence-electron chi connectivity index (χ3n) is 2.84.